The second-order valence-corrected chi connectivity index (χ2v) is 4.14. The van der Waals surface area contributed by atoms with Crippen molar-refractivity contribution >= 4 is 5.57 Å². The van der Waals surface area contributed by atoms with Crippen LogP contribution in [0.1, 0.15) is 26.3 Å². The van der Waals surface area contributed by atoms with Crippen molar-refractivity contribution in [2.75, 3.05) is 0 Å². The highest BCUT2D eigenvalue weighted by Crippen LogP contribution is 2.28. The van der Waals surface area contributed by atoms with E-state index in [1.165, 1.54) is 0 Å². The average Bonchev–Trinajstić information content (AvgIpc) is 2.55. The third-order valence-electron chi connectivity index (χ3n) is 2.90. The molecule has 0 aromatic carbocycles. The van der Waals surface area contributed by atoms with Crippen molar-refractivity contribution in [2.24, 2.45) is 0 Å². The van der Waals surface area contributed by atoms with E-state index in [0.29, 0.717) is 0 Å². The van der Waals surface area contributed by atoms with Crippen molar-refractivity contribution < 1.29 is 0 Å². The molecule has 4 nitrogen and oxygen atoms in total. The fourth-order valence-corrected chi connectivity index (χ4v) is 2.19. The van der Waals surface area contributed by atoms with Gasteiger partial charge in [0.2, 0.25) is 5.56 Å². The number of pyridine rings is 1. The maximum atomic E-state index is 11.3. The van der Waals surface area contributed by atoms with Crippen molar-refractivity contribution in [3.05, 3.63) is 52.2 Å². The van der Waals surface area contributed by atoms with Gasteiger partial charge < -0.3 is 4.98 Å². The number of rotatable bonds is 2. The molecule has 1 atom stereocenters. The Labute approximate surface area is 101 Å². The molecule has 1 aliphatic rings. The summed E-state index contributed by atoms with van der Waals surface area (Å²) >= 11 is 0. The lowest BCUT2D eigenvalue weighted by molar-refractivity contribution is 0.354. The summed E-state index contributed by atoms with van der Waals surface area (Å²) in [7, 11) is 0. The number of allylic oxidation sites excluding steroid dienone is 2. The van der Waals surface area contributed by atoms with Crippen LogP contribution in [-0.2, 0) is 0 Å². The van der Waals surface area contributed by atoms with Gasteiger partial charge in [0.25, 0.3) is 0 Å². The van der Waals surface area contributed by atoms with Crippen molar-refractivity contribution in [1.82, 2.24) is 15.4 Å². The number of aromatic nitrogens is 1. The van der Waals surface area contributed by atoms with Crippen LogP contribution in [0.15, 0.2) is 41.1 Å². The summed E-state index contributed by atoms with van der Waals surface area (Å²) in [5.74, 6) is 0. The van der Waals surface area contributed by atoms with Gasteiger partial charge in [-0.15, -0.1) is 0 Å². The monoisotopic (exact) mass is 231 g/mol. The molecule has 0 fully saturated rings. The summed E-state index contributed by atoms with van der Waals surface area (Å²) in [5, 5.41) is 1.99. The molecule has 17 heavy (non-hydrogen) atoms. The number of nitrogens with one attached hydrogen (secondary N) is 2. The lowest BCUT2D eigenvalue weighted by Crippen LogP contribution is -2.31. The van der Waals surface area contributed by atoms with E-state index in [9.17, 15) is 4.79 Å². The topological polar surface area (TPSA) is 48.1 Å². The molecule has 0 saturated carbocycles. The molecular weight excluding hydrogens is 214 g/mol. The Morgan fingerprint density at radius 2 is 2.24 bits per heavy atom. The van der Waals surface area contributed by atoms with Crippen LogP contribution in [-0.4, -0.2) is 16.0 Å². The van der Waals surface area contributed by atoms with E-state index < -0.39 is 0 Å². The minimum atomic E-state index is -0.0699. The van der Waals surface area contributed by atoms with Gasteiger partial charge >= 0.3 is 0 Å². The molecule has 2 rings (SSSR count). The van der Waals surface area contributed by atoms with Crippen molar-refractivity contribution in [1.29, 1.82) is 0 Å². The number of hydrazine groups is 1. The number of H-pyrrole nitrogens is 1. The van der Waals surface area contributed by atoms with Crippen LogP contribution in [0.5, 0.6) is 0 Å². The van der Waals surface area contributed by atoms with Crippen LogP contribution in [0.3, 0.4) is 0 Å². The Bertz CT molecular complexity index is 527. The first kappa shape index (κ1) is 11.7. The molecule has 1 aliphatic heterocycles. The van der Waals surface area contributed by atoms with E-state index >= 15 is 0 Å². The SMILES string of the molecule is C/C=C\N1NC(C)C(c2cc[nH]c(=O)c2)=C1C. The Morgan fingerprint density at radius 1 is 1.47 bits per heavy atom. The normalized spacial score (nSPS) is 20.6. The Morgan fingerprint density at radius 3 is 2.88 bits per heavy atom. The predicted octanol–water partition coefficient (Wildman–Crippen LogP) is 1.85. The zero-order chi connectivity index (χ0) is 12.4. The van der Waals surface area contributed by atoms with E-state index in [4.69, 9.17) is 0 Å². The fraction of sp³-hybridized carbons (Fsp3) is 0.308. The summed E-state index contributed by atoms with van der Waals surface area (Å²) in [4.78, 5) is 14.0. The molecule has 1 unspecified atom stereocenters. The van der Waals surface area contributed by atoms with Gasteiger partial charge in [-0.3, -0.25) is 9.80 Å². The van der Waals surface area contributed by atoms with Gasteiger partial charge in [0.05, 0.1) is 6.04 Å². The highest BCUT2D eigenvalue weighted by Gasteiger charge is 2.25. The minimum Gasteiger partial charge on any atom is -0.329 e. The molecule has 0 amide bonds. The highest BCUT2D eigenvalue weighted by atomic mass is 16.1. The van der Waals surface area contributed by atoms with Gasteiger partial charge in [0.15, 0.2) is 0 Å². The highest BCUT2D eigenvalue weighted by molar-refractivity contribution is 5.73. The van der Waals surface area contributed by atoms with Crippen molar-refractivity contribution in [3.63, 3.8) is 0 Å². The Balaban J connectivity index is 2.46. The van der Waals surface area contributed by atoms with Gasteiger partial charge in [-0.25, -0.2) is 5.43 Å². The first-order valence-electron chi connectivity index (χ1n) is 5.71. The maximum absolute atomic E-state index is 11.3. The van der Waals surface area contributed by atoms with Crippen LogP contribution < -0.4 is 11.0 Å². The molecule has 0 aliphatic carbocycles. The molecule has 0 spiro atoms. The smallest absolute Gasteiger partial charge is 0.248 e. The zero-order valence-electron chi connectivity index (χ0n) is 10.3. The second kappa shape index (κ2) is 4.59. The zero-order valence-corrected chi connectivity index (χ0v) is 10.3. The van der Waals surface area contributed by atoms with Crippen LogP contribution >= 0.6 is 0 Å². The average molecular weight is 231 g/mol. The van der Waals surface area contributed by atoms with E-state index in [0.717, 1.165) is 16.8 Å². The summed E-state index contributed by atoms with van der Waals surface area (Å²) in [6.45, 7) is 6.11. The predicted molar refractivity (Wildman–Crippen MR) is 68.9 cm³/mol. The molecule has 2 N–H and O–H groups in total. The molecule has 1 aromatic heterocycles. The van der Waals surface area contributed by atoms with Gasteiger partial charge in [-0.1, -0.05) is 6.08 Å². The van der Waals surface area contributed by atoms with Gasteiger partial charge in [-0.05, 0) is 38.0 Å². The first-order chi connectivity index (χ1) is 8.13. The molecule has 90 valence electrons. The largest absolute Gasteiger partial charge is 0.329 e. The third kappa shape index (κ3) is 2.17. The van der Waals surface area contributed by atoms with E-state index in [1.54, 1.807) is 12.3 Å². The molecule has 0 radical (unpaired) electrons. The summed E-state index contributed by atoms with van der Waals surface area (Å²) in [6, 6.07) is 3.77. The Hall–Kier alpha value is -1.81. The van der Waals surface area contributed by atoms with E-state index in [1.807, 2.05) is 37.2 Å². The second-order valence-electron chi connectivity index (χ2n) is 4.14. The lowest BCUT2D eigenvalue weighted by atomic mass is 10.0. The summed E-state index contributed by atoms with van der Waals surface area (Å²) in [5.41, 5.74) is 6.52. The van der Waals surface area contributed by atoms with Crippen molar-refractivity contribution in [2.45, 2.75) is 26.8 Å². The third-order valence-corrected chi connectivity index (χ3v) is 2.90. The fourth-order valence-electron chi connectivity index (χ4n) is 2.19. The van der Waals surface area contributed by atoms with Crippen LogP contribution in [0, 0.1) is 0 Å². The number of aromatic amines is 1. The molecule has 0 bridgehead atoms. The van der Waals surface area contributed by atoms with Gasteiger partial charge in [0.1, 0.15) is 0 Å². The maximum Gasteiger partial charge on any atom is 0.248 e. The van der Waals surface area contributed by atoms with Crippen LogP contribution in [0.2, 0.25) is 0 Å². The lowest BCUT2D eigenvalue weighted by Gasteiger charge is -2.15. The minimum absolute atomic E-state index is 0.0699. The van der Waals surface area contributed by atoms with Gasteiger partial charge in [-0.2, -0.15) is 0 Å². The van der Waals surface area contributed by atoms with Crippen molar-refractivity contribution in [3.8, 4) is 0 Å². The van der Waals surface area contributed by atoms with E-state index in [2.05, 4.69) is 17.3 Å². The molecular formula is C13H17N3O. The first-order valence-corrected chi connectivity index (χ1v) is 5.71. The Kier molecular flexibility index (Phi) is 3.15. The summed E-state index contributed by atoms with van der Waals surface area (Å²) < 4.78 is 0. The standard InChI is InChI=1S/C13H17N3O/c1-4-7-16-10(3)13(9(2)15-16)11-5-6-14-12(17)8-11/h4-9,15H,1-3H3,(H,14,17)/b7-4-. The number of hydrogen-bond acceptors (Lipinski definition) is 3. The van der Waals surface area contributed by atoms with Crippen LogP contribution in [0.25, 0.3) is 5.57 Å². The number of nitrogens with zero attached hydrogens (tertiary/aromatic N) is 1. The van der Waals surface area contributed by atoms with Crippen LogP contribution in [0.4, 0.5) is 0 Å². The number of hydrogen-bond donors (Lipinski definition) is 2. The molecule has 2 heterocycles. The molecule has 0 saturated heterocycles. The quantitative estimate of drug-likeness (QED) is 0.816. The molecule has 4 heteroatoms. The summed E-state index contributed by atoms with van der Waals surface area (Å²) in [6.07, 6.45) is 5.64. The molecule has 1 aromatic rings. The van der Waals surface area contributed by atoms with Gasteiger partial charge in [0, 0.05) is 24.2 Å². The van der Waals surface area contributed by atoms with E-state index in [-0.39, 0.29) is 11.6 Å².